The van der Waals surface area contributed by atoms with Gasteiger partial charge < -0.3 is 28.8 Å². The Morgan fingerprint density at radius 1 is 0.342 bits per heavy atom. The van der Waals surface area contributed by atoms with Gasteiger partial charge in [0.2, 0.25) is 0 Å². The van der Waals surface area contributed by atoms with E-state index in [4.69, 9.17) is 9.47 Å². The minimum absolute atomic E-state index is 0.252. The van der Waals surface area contributed by atoms with Crippen LogP contribution in [-0.2, 0) is 0 Å². The van der Waals surface area contributed by atoms with Crippen LogP contribution in [-0.4, -0.2) is 64.9 Å². The molecule has 0 amide bonds. The summed E-state index contributed by atoms with van der Waals surface area (Å²) < 4.78 is 18.6. The Hall–Kier alpha value is -6.57. The molecule has 10 rings (SSSR count). The lowest BCUT2D eigenvalue weighted by Crippen LogP contribution is -2.38. The number of hydrogen-bond acceptors (Lipinski definition) is 4. The predicted octanol–water partition coefficient (Wildman–Crippen LogP) is 16.5. The smallest absolute Gasteiger partial charge is 0.147 e. The number of ether oxygens (including phenoxy) is 2. The zero-order valence-electron chi connectivity index (χ0n) is 50.3. The van der Waals surface area contributed by atoms with Gasteiger partial charge in [-0.3, -0.25) is 0 Å². The molecule has 0 aliphatic carbocycles. The fraction of sp³-hybridized carbons (Fsp3) is 0.304. The van der Waals surface area contributed by atoms with Crippen molar-refractivity contribution < 1.29 is 19.7 Å². The number of fused-ring (bicyclic) bond motifs is 6. The lowest BCUT2D eigenvalue weighted by molar-refractivity contribution is 0.247. The van der Waals surface area contributed by atoms with E-state index in [0.717, 1.165) is 78.3 Å². The third-order valence-corrected chi connectivity index (χ3v) is 24.3. The summed E-state index contributed by atoms with van der Waals surface area (Å²) in [5.74, 6) is 2.08. The molecule has 0 saturated heterocycles. The maximum atomic E-state index is 13.0. The first-order valence-electron chi connectivity index (χ1n) is 28.3. The second-order valence-corrected chi connectivity index (χ2v) is 47.2. The quantitative estimate of drug-likeness (QED) is 0.0841. The molecule has 2 aromatic heterocycles. The summed E-state index contributed by atoms with van der Waals surface area (Å²) >= 11 is 0. The van der Waals surface area contributed by atoms with Crippen LogP contribution in [0.4, 0.5) is 0 Å². The molecule has 0 aliphatic heterocycles. The van der Waals surface area contributed by atoms with Gasteiger partial charge in [-0.1, -0.05) is 184 Å². The Kier molecular flexibility index (Phi) is 14.3. The minimum atomic E-state index is -1.97. The molecule has 0 radical (unpaired) electrons. The molecular weight excluding hydrogens is 1030 g/mol. The van der Waals surface area contributed by atoms with Crippen molar-refractivity contribution in [2.45, 2.75) is 127 Å². The van der Waals surface area contributed by atoms with E-state index in [1.54, 1.807) is 0 Å². The van der Waals surface area contributed by atoms with Gasteiger partial charge in [0, 0.05) is 50.2 Å². The molecule has 10 heteroatoms. The number of aromatic hydroxyl groups is 2. The number of benzene rings is 8. The van der Waals surface area contributed by atoms with E-state index in [1.807, 2.05) is 0 Å². The Balaban J connectivity index is 1.05. The zero-order chi connectivity index (χ0) is 57.0. The standard InChI is InChI=1S/C69H82N2O4Si4/c1-42-20-24-52-53-25-21-43(2)31-61(53)70(60(52)30-42)64-40-50(78(13,14)15)36-56(66(64)72)58-38-48(76(7,8)9)34-46(5)68(58)74-28-19-29-75-69-47(6)35-49(77(10,11)12)39-59(69)57-37-51(79(16,17)18)41-65(67(57)73)71-62-32-44(3)22-26-54(62)55-27-23-45(4)33-63(55)71/h20-27,30-41,72-73H,19,28-29H2,1-18H3. The largest absolute Gasteiger partial charge is 0.505 e. The van der Waals surface area contributed by atoms with Crippen LogP contribution in [0.1, 0.15) is 39.8 Å². The van der Waals surface area contributed by atoms with Crippen LogP contribution in [0.25, 0.3) is 77.2 Å². The number of rotatable bonds is 14. The summed E-state index contributed by atoms with van der Waals surface area (Å²) in [5, 5.41) is 35.9. The van der Waals surface area contributed by atoms with Crippen molar-refractivity contribution in [3.63, 3.8) is 0 Å². The zero-order valence-corrected chi connectivity index (χ0v) is 54.3. The van der Waals surface area contributed by atoms with Crippen LogP contribution in [0.5, 0.6) is 23.0 Å². The van der Waals surface area contributed by atoms with Gasteiger partial charge in [-0.15, -0.1) is 0 Å². The first-order valence-corrected chi connectivity index (χ1v) is 42.3. The SMILES string of the molecule is Cc1ccc2c3ccc(C)cc3n(-c3cc([Si](C)(C)C)cc(-c4cc([Si](C)(C)C)cc(C)c4OCCCOc4c(C)cc([Si](C)(C)C)cc4-c4cc([Si](C)(C)C)cc(-n5c6cc(C)ccc6c6ccc(C)cc65)c4O)c3O)c2c1. The van der Waals surface area contributed by atoms with Crippen molar-refractivity contribution in [2.75, 3.05) is 13.2 Å². The van der Waals surface area contributed by atoms with Gasteiger partial charge in [0.05, 0.1) is 79.0 Å². The fourth-order valence-corrected chi connectivity index (χ4v) is 16.2. The molecule has 2 N–H and O–H groups in total. The monoisotopic (exact) mass is 1110 g/mol. The van der Waals surface area contributed by atoms with E-state index < -0.39 is 32.3 Å². The Morgan fingerprint density at radius 2 is 0.608 bits per heavy atom. The molecule has 10 aromatic rings. The van der Waals surface area contributed by atoms with Gasteiger partial charge in [0.25, 0.3) is 0 Å². The second kappa shape index (κ2) is 20.2. The first kappa shape index (κ1) is 55.7. The average Bonchev–Trinajstić information content (AvgIpc) is 4.12. The van der Waals surface area contributed by atoms with Crippen molar-refractivity contribution in [3.05, 3.63) is 155 Å². The molecule has 2 heterocycles. The normalized spacial score (nSPS) is 12.7. The number of aromatic nitrogens is 2. The Morgan fingerprint density at radius 3 is 0.886 bits per heavy atom. The third-order valence-electron chi connectivity index (χ3n) is 16.2. The number of aryl methyl sites for hydroxylation is 6. The van der Waals surface area contributed by atoms with Crippen molar-refractivity contribution in [2.24, 2.45) is 0 Å². The lowest BCUT2D eigenvalue weighted by atomic mass is 9.99. The molecule has 408 valence electrons. The number of nitrogens with zero attached hydrogens (tertiary/aromatic N) is 2. The highest BCUT2D eigenvalue weighted by Crippen LogP contribution is 2.46. The fourth-order valence-electron chi connectivity index (χ4n) is 11.5. The summed E-state index contributed by atoms with van der Waals surface area (Å²) in [4.78, 5) is 0. The molecule has 8 aromatic carbocycles. The van der Waals surface area contributed by atoms with Crippen molar-refractivity contribution in [3.8, 4) is 56.6 Å². The highest BCUT2D eigenvalue weighted by molar-refractivity contribution is 6.90. The molecule has 79 heavy (non-hydrogen) atoms. The van der Waals surface area contributed by atoms with Crippen molar-refractivity contribution >= 4 is 96.7 Å². The summed E-state index contributed by atoms with van der Waals surface area (Å²) in [6, 6.07) is 44.9. The van der Waals surface area contributed by atoms with Crippen LogP contribution in [0.15, 0.2) is 121 Å². The number of hydrogen-bond donors (Lipinski definition) is 2. The Bertz CT molecular complexity index is 3700. The van der Waals surface area contributed by atoms with Crippen LogP contribution in [0.3, 0.4) is 0 Å². The predicted molar refractivity (Wildman–Crippen MR) is 352 cm³/mol. The van der Waals surface area contributed by atoms with Crippen LogP contribution < -0.4 is 30.2 Å². The van der Waals surface area contributed by atoms with Gasteiger partial charge in [-0.2, -0.15) is 0 Å². The van der Waals surface area contributed by atoms with Gasteiger partial charge in [0.15, 0.2) is 0 Å². The second-order valence-electron chi connectivity index (χ2n) is 26.9. The lowest BCUT2D eigenvalue weighted by Gasteiger charge is -2.26. The summed E-state index contributed by atoms with van der Waals surface area (Å²) in [6.45, 7) is 42.3. The molecule has 0 aliphatic rings. The maximum Gasteiger partial charge on any atom is 0.147 e. The molecular formula is C69H82N2O4Si4. The molecule has 0 bridgehead atoms. The van der Waals surface area contributed by atoms with E-state index >= 15 is 0 Å². The highest BCUT2D eigenvalue weighted by Gasteiger charge is 2.30. The molecule has 0 fully saturated rings. The van der Waals surface area contributed by atoms with Gasteiger partial charge in [-0.05, 0) is 111 Å². The van der Waals surface area contributed by atoms with Crippen LogP contribution in [0, 0.1) is 41.5 Å². The molecule has 6 nitrogen and oxygen atoms in total. The third kappa shape index (κ3) is 10.5. The highest BCUT2D eigenvalue weighted by atomic mass is 28.3. The van der Waals surface area contributed by atoms with Crippen LogP contribution in [0.2, 0.25) is 78.6 Å². The van der Waals surface area contributed by atoms with Gasteiger partial charge >= 0.3 is 0 Å². The van der Waals surface area contributed by atoms with E-state index in [1.165, 1.54) is 64.5 Å². The Labute approximate surface area is 473 Å². The van der Waals surface area contributed by atoms with Gasteiger partial charge in [-0.25, -0.2) is 0 Å². The van der Waals surface area contributed by atoms with Crippen molar-refractivity contribution in [1.82, 2.24) is 9.13 Å². The summed E-state index contributed by atoms with van der Waals surface area (Å²) in [5.41, 5.74) is 16.2. The summed E-state index contributed by atoms with van der Waals surface area (Å²) in [6.07, 6.45) is 0.613. The number of phenolic OH excluding ortho intramolecular Hbond substituents is 2. The van der Waals surface area contributed by atoms with E-state index in [9.17, 15) is 10.2 Å². The average molecular weight is 1120 g/mol. The van der Waals surface area contributed by atoms with Crippen molar-refractivity contribution in [1.29, 1.82) is 0 Å². The van der Waals surface area contributed by atoms with E-state index in [-0.39, 0.29) is 11.5 Å². The number of phenols is 2. The molecule has 0 atom stereocenters. The summed E-state index contributed by atoms with van der Waals surface area (Å²) in [7, 11) is -7.62. The first-order chi connectivity index (χ1) is 37.0. The van der Waals surface area contributed by atoms with E-state index in [2.05, 4.69) is 251 Å². The van der Waals surface area contributed by atoms with Crippen LogP contribution >= 0.6 is 0 Å². The van der Waals surface area contributed by atoms with Gasteiger partial charge in [0.1, 0.15) is 23.0 Å². The maximum absolute atomic E-state index is 13.0. The molecule has 0 unspecified atom stereocenters. The minimum Gasteiger partial charge on any atom is -0.505 e. The topological polar surface area (TPSA) is 68.8 Å². The molecule has 0 spiro atoms. The molecule has 0 saturated carbocycles. The van der Waals surface area contributed by atoms with E-state index in [0.29, 0.717) is 19.6 Å².